The van der Waals surface area contributed by atoms with E-state index < -0.39 is 12.0 Å². The van der Waals surface area contributed by atoms with Gasteiger partial charge in [-0.15, -0.1) is 0 Å². The Morgan fingerprint density at radius 1 is 1.21 bits per heavy atom. The molecule has 5 nitrogen and oxygen atoms in total. The molecule has 144 valence electrons. The second-order valence-electron chi connectivity index (χ2n) is 7.46. The monoisotopic (exact) mass is 415 g/mol. The van der Waals surface area contributed by atoms with E-state index in [1.54, 1.807) is 4.90 Å². The average molecular weight is 416 g/mol. The molecule has 2 unspecified atom stereocenters. The summed E-state index contributed by atoms with van der Waals surface area (Å²) in [5.41, 5.74) is 3.56. The van der Waals surface area contributed by atoms with Crippen LogP contribution in [0.15, 0.2) is 42.6 Å². The zero-order chi connectivity index (χ0) is 19.5. The van der Waals surface area contributed by atoms with Crippen LogP contribution in [0.3, 0.4) is 0 Å². The highest BCUT2D eigenvalue weighted by atomic mass is 35.5. The van der Waals surface area contributed by atoms with E-state index in [1.807, 2.05) is 36.5 Å². The summed E-state index contributed by atoms with van der Waals surface area (Å²) >= 11 is 12.8. The number of hydrogen-bond donors (Lipinski definition) is 3. The first kappa shape index (κ1) is 17.9. The molecule has 1 fully saturated rings. The van der Waals surface area contributed by atoms with Crippen LogP contribution in [0.4, 0.5) is 5.69 Å². The number of carbonyl (C=O) groups excluding carboxylic acids is 1. The van der Waals surface area contributed by atoms with Gasteiger partial charge >= 0.3 is 0 Å². The third-order valence-electron chi connectivity index (χ3n) is 6.17. The normalized spacial score (nSPS) is 23.4. The van der Waals surface area contributed by atoms with Crippen molar-refractivity contribution in [3.05, 3.63) is 63.8 Å². The highest BCUT2D eigenvalue weighted by Gasteiger charge is 2.53. The van der Waals surface area contributed by atoms with E-state index in [-0.39, 0.29) is 11.9 Å². The number of hydrogen-bond acceptors (Lipinski definition) is 3. The number of amides is 1. The fourth-order valence-corrected chi connectivity index (χ4v) is 5.28. The minimum Gasteiger partial charge on any atom is -0.387 e. The van der Waals surface area contributed by atoms with Gasteiger partial charge in [-0.3, -0.25) is 4.79 Å². The van der Waals surface area contributed by atoms with Gasteiger partial charge in [-0.2, -0.15) is 0 Å². The number of piperidine rings is 1. The largest absolute Gasteiger partial charge is 0.387 e. The lowest BCUT2D eigenvalue weighted by Gasteiger charge is -2.45. The van der Waals surface area contributed by atoms with Crippen LogP contribution in [0.1, 0.15) is 17.5 Å². The van der Waals surface area contributed by atoms with E-state index in [0.29, 0.717) is 23.1 Å². The lowest BCUT2D eigenvalue weighted by atomic mass is 9.68. The van der Waals surface area contributed by atoms with Crippen molar-refractivity contribution in [1.29, 1.82) is 0 Å². The predicted octanol–water partition coefficient (Wildman–Crippen LogP) is 3.78. The fourth-order valence-electron chi connectivity index (χ4n) is 4.90. The van der Waals surface area contributed by atoms with Crippen LogP contribution in [0.2, 0.25) is 10.0 Å². The van der Waals surface area contributed by atoms with E-state index >= 15 is 0 Å². The first-order valence-electron chi connectivity index (χ1n) is 9.26. The van der Waals surface area contributed by atoms with Crippen LogP contribution < -0.4 is 5.32 Å². The van der Waals surface area contributed by atoms with Crippen molar-refractivity contribution in [3.8, 4) is 0 Å². The van der Waals surface area contributed by atoms with E-state index in [0.717, 1.165) is 34.1 Å². The topological polar surface area (TPSA) is 68.4 Å². The van der Waals surface area contributed by atoms with Crippen LogP contribution in [0.25, 0.3) is 10.9 Å². The van der Waals surface area contributed by atoms with Crippen LogP contribution >= 0.6 is 23.2 Å². The van der Waals surface area contributed by atoms with Gasteiger partial charge in [0.05, 0.1) is 21.1 Å². The number of aromatic nitrogens is 1. The van der Waals surface area contributed by atoms with Gasteiger partial charge in [0, 0.05) is 36.2 Å². The number of carbonyl (C=O) groups is 1. The summed E-state index contributed by atoms with van der Waals surface area (Å²) in [6.45, 7) is 0.563. The molecule has 2 atom stereocenters. The van der Waals surface area contributed by atoms with Gasteiger partial charge < -0.3 is 20.3 Å². The molecule has 28 heavy (non-hydrogen) atoms. The van der Waals surface area contributed by atoms with Crippen molar-refractivity contribution in [2.45, 2.75) is 17.9 Å². The van der Waals surface area contributed by atoms with Crippen molar-refractivity contribution in [1.82, 2.24) is 9.88 Å². The molecule has 0 radical (unpaired) electrons. The molecule has 0 spiro atoms. The summed E-state index contributed by atoms with van der Waals surface area (Å²) in [5, 5.41) is 15.2. The average Bonchev–Trinajstić information content (AvgIpc) is 3.29. The molecule has 0 bridgehead atoms. The number of benzene rings is 2. The first-order valence-corrected chi connectivity index (χ1v) is 10.0. The predicted molar refractivity (Wildman–Crippen MR) is 111 cm³/mol. The van der Waals surface area contributed by atoms with Crippen molar-refractivity contribution < 1.29 is 9.90 Å². The molecule has 3 heterocycles. The minimum absolute atomic E-state index is 0.0698. The molecule has 0 aliphatic carbocycles. The molecule has 7 heteroatoms. The van der Waals surface area contributed by atoms with E-state index in [9.17, 15) is 9.90 Å². The lowest BCUT2D eigenvalue weighted by molar-refractivity contribution is -0.136. The molecule has 5 rings (SSSR count). The number of halogens is 2. The van der Waals surface area contributed by atoms with E-state index in [1.165, 1.54) is 0 Å². The zero-order valence-electron chi connectivity index (χ0n) is 15.0. The Morgan fingerprint density at radius 2 is 2.04 bits per heavy atom. The zero-order valence-corrected chi connectivity index (χ0v) is 16.5. The summed E-state index contributed by atoms with van der Waals surface area (Å²) in [5.74, 6) is -0.258. The van der Waals surface area contributed by atoms with Gasteiger partial charge in [0.25, 0.3) is 0 Å². The van der Waals surface area contributed by atoms with Gasteiger partial charge in [-0.05, 0) is 29.7 Å². The molecule has 2 aliphatic rings. The molecule has 3 N–H and O–H groups in total. The maximum atomic E-state index is 12.4. The highest BCUT2D eigenvalue weighted by molar-refractivity contribution is 6.44. The summed E-state index contributed by atoms with van der Waals surface area (Å²) in [6.07, 6.45) is 2.78. The Kier molecular flexibility index (Phi) is 4.09. The number of anilines is 1. The van der Waals surface area contributed by atoms with E-state index in [4.69, 9.17) is 23.2 Å². The Hall–Kier alpha value is -2.21. The third-order valence-corrected chi connectivity index (χ3v) is 6.98. The van der Waals surface area contributed by atoms with E-state index in [2.05, 4.69) is 16.4 Å². The summed E-state index contributed by atoms with van der Waals surface area (Å²) < 4.78 is 0. The lowest BCUT2D eigenvalue weighted by Crippen LogP contribution is -2.56. The Morgan fingerprint density at radius 3 is 2.86 bits per heavy atom. The van der Waals surface area contributed by atoms with Gasteiger partial charge in [-0.25, -0.2) is 0 Å². The Labute approximate surface area is 172 Å². The summed E-state index contributed by atoms with van der Waals surface area (Å²) in [7, 11) is 0. The van der Waals surface area contributed by atoms with Crippen molar-refractivity contribution in [2.24, 2.45) is 0 Å². The number of H-pyrrole nitrogens is 1. The number of nitrogens with one attached hydrogen (secondary N) is 2. The number of para-hydroxylation sites is 1. The maximum Gasteiger partial charge on any atom is 0.248 e. The number of aliphatic hydroxyl groups excluding tert-OH is 1. The SMILES string of the molecule is O=C(CO)N1CCC2Nc3c(ccc(Cl)c3Cl)C2(c2c[nH]c3ccccc23)C1. The summed E-state index contributed by atoms with van der Waals surface area (Å²) in [6, 6.07) is 12.0. The summed E-state index contributed by atoms with van der Waals surface area (Å²) in [4.78, 5) is 17.5. The quantitative estimate of drug-likeness (QED) is 0.596. The Balaban J connectivity index is 1.78. The fraction of sp³-hybridized carbons (Fsp3) is 0.286. The van der Waals surface area contributed by atoms with Gasteiger partial charge in [0.1, 0.15) is 6.61 Å². The second-order valence-corrected chi connectivity index (χ2v) is 8.25. The molecule has 1 saturated heterocycles. The number of fused-ring (bicyclic) bond motifs is 4. The number of aliphatic hydroxyl groups is 1. The molecule has 0 saturated carbocycles. The van der Waals surface area contributed by atoms with Crippen LogP contribution in [0.5, 0.6) is 0 Å². The van der Waals surface area contributed by atoms with Crippen LogP contribution in [0, 0.1) is 0 Å². The third kappa shape index (κ3) is 2.33. The molecular weight excluding hydrogens is 397 g/mol. The van der Waals surface area contributed by atoms with Gasteiger partial charge in [-0.1, -0.05) is 47.5 Å². The van der Waals surface area contributed by atoms with Crippen LogP contribution in [-0.2, 0) is 10.2 Å². The van der Waals surface area contributed by atoms with Gasteiger partial charge in [0.2, 0.25) is 5.91 Å². The second kappa shape index (κ2) is 6.41. The molecule has 1 aromatic heterocycles. The Bertz CT molecular complexity index is 1100. The van der Waals surface area contributed by atoms with Crippen molar-refractivity contribution in [3.63, 3.8) is 0 Å². The first-order chi connectivity index (χ1) is 13.6. The molecule has 2 aromatic carbocycles. The minimum atomic E-state index is -0.490. The standard InChI is InChI=1S/C21H19Cl2N3O2/c22-15-6-5-13-20(19(15)23)25-17-7-8-26(18(28)10-27)11-21(13,17)14-9-24-16-4-2-1-3-12(14)16/h1-6,9,17,24-25,27H,7-8,10-11H2. The number of likely N-dealkylation sites (tertiary alicyclic amines) is 1. The molecular formula is C21H19Cl2N3O2. The van der Waals surface area contributed by atoms with Crippen LogP contribution in [-0.4, -0.2) is 46.6 Å². The smallest absolute Gasteiger partial charge is 0.248 e. The highest BCUT2D eigenvalue weighted by Crippen LogP contribution is 2.54. The number of rotatable bonds is 2. The molecule has 1 amide bonds. The van der Waals surface area contributed by atoms with Crippen molar-refractivity contribution in [2.75, 3.05) is 25.0 Å². The van der Waals surface area contributed by atoms with Crippen molar-refractivity contribution >= 4 is 45.7 Å². The number of aromatic amines is 1. The molecule has 3 aromatic rings. The number of nitrogens with zero attached hydrogens (tertiary/aromatic N) is 1. The maximum absolute atomic E-state index is 12.4. The molecule has 2 aliphatic heterocycles. The van der Waals surface area contributed by atoms with Gasteiger partial charge in [0.15, 0.2) is 0 Å².